The zero-order valence-electron chi connectivity index (χ0n) is 19.7. The summed E-state index contributed by atoms with van der Waals surface area (Å²) in [5.41, 5.74) is 0.675. The molecule has 2 rings (SSSR count). The van der Waals surface area contributed by atoms with Gasteiger partial charge in [-0.05, 0) is 17.7 Å². The summed E-state index contributed by atoms with van der Waals surface area (Å²) in [7, 11) is 2.21. The summed E-state index contributed by atoms with van der Waals surface area (Å²) < 4.78 is 62.2. The second-order valence-electron chi connectivity index (χ2n) is 8.81. The first-order valence-electron chi connectivity index (χ1n) is 10.3. The average molecular weight is 537 g/mol. The van der Waals surface area contributed by atoms with E-state index in [9.17, 15) is 31.2 Å². The molecule has 1 amide bonds. The number of amides is 1. The van der Waals surface area contributed by atoms with Gasteiger partial charge in [-0.1, -0.05) is 30.3 Å². The normalized spacial score (nSPS) is 12.7. The van der Waals surface area contributed by atoms with Gasteiger partial charge in [-0.3, -0.25) is 9.59 Å². The van der Waals surface area contributed by atoms with Gasteiger partial charge < -0.3 is 29.2 Å². The third kappa shape index (κ3) is 12.4. The van der Waals surface area contributed by atoms with E-state index in [0.29, 0.717) is 16.6 Å². The Balaban J connectivity index is 0.000000809. The molecular weight excluding hydrogens is 509 g/mol. The quantitative estimate of drug-likeness (QED) is 0.426. The van der Waals surface area contributed by atoms with Crippen molar-refractivity contribution in [2.45, 2.75) is 30.1 Å². The second kappa shape index (κ2) is 12.5. The Bertz CT molecular complexity index is 1140. The van der Waals surface area contributed by atoms with Crippen molar-refractivity contribution in [3.63, 3.8) is 0 Å². The molecular formula is C22H27F3N2O8S. The molecule has 10 nitrogen and oxygen atoms in total. The maximum absolute atomic E-state index is 12.4. The molecule has 0 saturated carbocycles. The van der Waals surface area contributed by atoms with Crippen molar-refractivity contribution in [2.75, 3.05) is 27.7 Å². The largest absolute Gasteiger partial charge is 0.542 e. The minimum Gasteiger partial charge on any atom is -0.542 e. The first kappa shape index (κ1) is 30.6. The summed E-state index contributed by atoms with van der Waals surface area (Å²) in [6, 6.07) is 11.1. The van der Waals surface area contributed by atoms with Gasteiger partial charge in [0.05, 0.1) is 45.9 Å². The van der Waals surface area contributed by atoms with E-state index < -0.39 is 39.9 Å². The topological polar surface area (TPSA) is 154 Å². The van der Waals surface area contributed by atoms with Gasteiger partial charge in [0.15, 0.2) is 15.6 Å². The smallest absolute Gasteiger partial charge is 0.430 e. The first-order chi connectivity index (χ1) is 16.4. The minimum atomic E-state index is -5.19. The van der Waals surface area contributed by atoms with Crippen LogP contribution >= 0.6 is 0 Å². The van der Waals surface area contributed by atoms with Crippen molar-refractivity contribution in [1.82, 2.24) is 5.32 Å². The Kier molecular flexibility index (Phi) is 10.7. The Morgan fingerprint density at radius 1 is 1.06 bits per heavy atom. The number of hydrogen-bond donors (Lipinski definition) is 2. The number of aliphatic carboxylic acids is 2. The molecule has 0 fully saturated rings. The number of likely N-dealkylation sites (N-methyl/N-ethyl adjacent to an activating group) is 1. The van der Waals surface area contributed by atoms with Crippen LogP contribution in [0.5, 0.6) is 0 Å². The molecule has 0 radical (unpaired) electrons. The van der Waals surface area contributed by atoms with Crippen LogP contribution in [0.2, 0.25) is 0 Å². The van der Waals surface area contributed by atoms with Crippen LogP contribution in [-0.4, -0.2) is 75.8 Å². The van der Waals surface area contributed by atoms with Crippen LogP contribution in [0.3, 0.4) is 0 Å². The van der Waals surface area contributed by atoms with Gasteiger partial charge in [0.25, 0.3) is 5.91 Å². The van der Waals surface area contributed by atoms with Gasteiger partial charge in [0, 0.05) is 0 Å². The lowest BCUT2D eigenvalue weighted by Gasteiger charge is -2.28. The number of rotatable bonds is 10. The third-order valence-corrected chi connectivity index (χ3v) is 5.73. The number of alkyl halides is 3. The molecule has 1 atom stereocenters. The van der Waals surface area contributed by atoms with Crippen molar-refractivity contribution >= 4 is 27.7 Å². The zero-order valence-corrected chi connectivity index (χ0v) is 20.6. The van der Waals surface area contributed by atoms with E-state index in [1.165, 1.54) is 12.1 Å². The van der Waals surface area contributed by atoms with Crippen LogP contribution in [0.15, 0.2) is 46.9 Å². The van der Waals surface area contributed by atoms with Gasteiger partial charge >= 0.3 is 12.1 Å². The summed E-state index contributed by atoms with van der Waals surface area (Å²) in [6.45, 7) is 0.414. The predicted molar refractivity (Wildman–Crippen MR) is 119 cm³/mol. The Morgan fingerprint density at radius 2 is 1.61 bits per heavy atom. The molecule has 0 bridgehead atoms. The predicted octanol–water partition coefficient (Wildman–Crippen LogP) is 0.973. The van der Waals surface area contributed by atoms with Gasteiger partial charge in [-0.2, -0.15) is 13.2 Å². The minimum absolute atomic E-state index is 0.0493. The maximum Gasteiger partial charge on any atom is 0.430 e. The van der Waals surface area contributed by atoms with E-state index >= 15 is 0 Å². The molecule has 1 heterocycles. The molecule has 0 aliphatic rings. The van der Waals surface area contributed by atoms with Gasteiger partial charge in [0.2, 0.25) is 0 Å². The van der Waals surface area contributed by atoms with Gasteiger partial charge in [-0.25, -0.2) is 8.42 Å². The summed E-state index contributed by atoms with van der Waals surface area (Å²) in [4.78, 5) is 32.3. The summed E-state index contributed by atoms with van der Waals surface area (Å²) in [6.07, 6.45) is -5.42. The third-order valence-electron chi connectivity index (χ3n) is 4.23. The average Bonchev–Trinajstić information content (AvgIpc) is 3.14. The first-order valence-corrected chi connectivity index (χ1v) is 12.1. The molecule has 0 aliphatic heterocycles. The van der Waals surface area contributed by atoms with E-state index in [1.807, 2.05) is 27.2 Å². The number of carboxylic acid groups (broad SMARTS) is 2. The molecule has 2 aromatic rings. The number of benzene rings is 1. The van der Waals surface area contributed by atoms with Crippen molar-refractivity contribution in [3.8, 4) is 0 Å². The van der Waals surface area contributed by atoms with Crippen molar-refractivity contribution in [1.29, 1.82) is 0 Å². The molecule has 0 saturated heterocycles. The molecule has 14 heteroatoms. The Labute approximate surface area is 205 Å². The number of hydrogen-bond acceptors (Lipinski definition) is 7. The number of quaternary nitrogens is 1. The second-order valence-corrected chi connectivity index (χ2v) is 10.9. The fraction of sp³-hybridized carbons (Fsp3) is 0.409. The molecule has 2 N–H and O–H groups in total. The van der Waals surface area contributed by atoms with Crippen LogP contribution in [-0.2, 0) is 30.9 Å². The molecule has 0 aliphatic carbocycles. The lowest BCUT2D eigenvalue weighted by Crippen LogP contribution is -2.49. The Morgan fingerprint density at radius 3 is 2.08 bits per heavy atom. The molecule has 0 spiro atoms. The lowest BCUT2D eigenvalue weighted by atomic mass is 10.2. The number of halogens is 3. The summed E-state index contributed by atoms with van der Waals surface area (Å²) in [5, 5.41) is 20.5. The van der Waals surface area contributed by atoms with Crippen LogP contribution in [0.25, 0.3) is 0 Å². The monoisotopic (exact) mass is 536 g/mol. The number of nitrogens with one attached hydrogen (secondary N) is 1. The van der Waals surface area contributed by atoms with Gasteiger partial charge in [-0.15, -0.1) is 0 Å². The standard InChI is InChI=1S/C20H26N2O6S.C2HF3O2/c1-22(2,3)12-16(11-19(23)24)21-20(25)18-10-9-17(28-18)14-29(26,27)13-15-7-5-4-6-8-15;3-2(4,5)1(6)7/h4-10,16H,11-14H2,1-3H3,(H-,21,23,24,25);(H,6,7)/t16-;/m1./s1. The van der Waals surface area contributed by atoms with E-state index in [4.69, 9.17) is 19.4 Å². The number of carbonyl (C=O) groups is 3. The summed E-state index contributed by atoms with van der Waals surface area (Å²) in [5.74, 6) is -4.94. The van der Waals surface area contributed by atoms with Gasteiger partial charge in [0.1, 0.15) is 17.5 Å². The molecule has 1 aromatic heterocycles. The highest BCUT2D eigenvalue weighted by Gasteiger charge is 2.29. The Hall–Kier alpha value is -3.39. The van der Waals surface area contributed by atoms with Crippen molar-refractivity contribution in [3.05, 3.63) is 59.5 Å². The van der Waals surface area contributed by atoms with E-state index in [2.05, 4.69) is 5.32 Å². The number of sulfone groups is 1. The maximum atomic E-state index is 12.4. The molecule has 1 aromatic carbocycles. The highest BCUT2D eigenvalue weighted by molar-refractivity contribution is 7.89. The van der Waals surface area contributed by atoms with Crippen molar-refractivity contribution < 1.29 is 55.1 Å². The number of carboxylic acids is 2. The van der Waals surface area contributed by atoms with Crippen molar-refractivity contribution in [2.24, 2.45) is 0 Å². The fourth-order valence-corrected chi connectivity index (χ4v) is 4.35. The highest BCUT2D eigenvalue weighted by Crippen LogP contribution is 2.16. The van der Waals surface area contributed by atoms with E-state index in [1.54, 1.807) is 24.3 Å². The van der Waals surface area contributed by atoms with Crippen LogP contribution in [0, 0.1) is 0 Å². The van der Waals surface area contributed by atoms with Crippen LogP contribution in [0.4, 0.5) is 13.2 Å². The van der Waals surface area contributed by atoms with E-state index in [-0.39, 0.29) is 29.4 Å². The molecule has 36 heavy (non-hydrogen) atoms. The number of furan rings is 1. The lowest BCUT2D eigenvalue weighted by molar-refractivity contribution is -0.871. The molecule has 200 valence electrons. The zero-order chi connectivity index (χ0) is 27.7. The van der Waals surface area contributed by atoms with E-state index in [0.717, 1.165) is 0 Å². The SMILES string of the molecule is C[N+](C)(C)C[C@@H](CC(=O)O)NC(=O)c1ccc(CS(=O)(=O)Cc2ccccc2)o1.O=C([O-])C(F)(F)F. The van der Waals surface area contributed by atoms with Crippen LogP contribution < -0.4 is 10.4 Å². The summed E-state index contributed by atoms with van der Waals surface area (Å²) >= 11 is 0. The van der Waals surface area contributed by atoms with Crippen LogP contribution in [0.1, 0.15) is 28.3 Å². The number of nitrogens with zero attached hydrogens (tertiary/aromatic N) is 1. The molecule has 0 unspecified atom stereocenters. The fourth-order valence-electron chi connectivity index (χ4n) is 2.96. The number of carbonyl (C=O) groups excluding carboxylic acids is 2. The highest BCUT2D eigenvalue weighted by atomic mass is 32.2.